The second-order valence-corrected chi connectivity index (χ2v) is 12.6. The molecule has 1 aromatic heterocycles. The van der Waals surface area contributed by atoms with Gasteiger partial charge in [0, 0.05) is 12.1 Å². The Morgan fingerprint density at radius 1 is 1.14 bits per heavy atom. The maximum absolute atomic E-state index is 13.2. The summed E-state index contributed by atoms with van der Waals surface area (Å²) in [6.07, 6.45) is 6.83. The first-order valence-electron chi connectivity index (χ1n) is 11.8. The highest BCUT2D eigenvalue weighted by atomic mass is 32.2. The normalized spacial score (nSPS) is 30.2. The van der Waals surface area contributed by atoms with Gasteiger partial charge in [-0.05, 0) is 109 Å². The minimum absolute atomic E-state index is 0.0230. The van der Waals surface area contributed by atoms with Gasteiger partial charge in [-0.3, -0.25) is 4.79 Å². The summed E-state index contributed by atoms with van der Waals surface area (Å²) in [7, 11) is -5.70. The Labute approximate surface area is 207 Å². The smallest absolute Gasteiger partial charge is 0.376 e. The molecule has 5 nitrogen and oxygen atoms in total. The van der Waals surface area contributed by atoms with Crippen LogP contribution in [0.3, 0.4) is 0 Å². The standard InChI is InChI=1S/C25H26F3NO4S2/c1-24-12-11-18-17-8-6-16(33-35(31,32)25(26,27)28)14-15(17)5-7-19(18)20(24)9-10-21(24)23(30)34-22-4-2-3-13-29-22/h2-4,6,8,13-14,18-21H,5,7,9-12H2,1H3/t18-,19-,20+,21-,24+/m1/s1. The Kier molecular flexibility index (Phi) is 6.19. The number of rotatable bonds is 4. The van der Waals surface area contributed by atoms with E-state index in [-0.39, 0.29) is 28.1 Å². The molecule has 0 bridgehead atoms. The summed E-state index contributed by atoms with van der Waals surface area (Å²) in [5.41, 5.74) is -3.63. The van der Waals surface area contributed by atoms with Crippen molar-refractivity contribution in [1.29, 1.82) is 0 Å². The summed E-state index contributed by atoms with van der Waals surface area (Å²) < 4.78 is 65.3. The summed E-state index contributed by atoms with van der Waals surface area (Å²) in [6.45, 7) is 2.25. The van der Waals surface area contributed by atoms with Crippen LogP contribution in [0.4, 0.5) is 13.2 Å². The lowest BCUT2D eigenvalue weighted by Crippen LogP contribution is -2.43. The number of hydrogen-bond donors (Lipinski definition) is 0. The number of hydrogen-bond acceptors (Lipinski definition) is 6. The highest BCUT2D eigenvalue weighted by molar-refractivity contribution is 8.13. The van der Waals surface area contributed by atoms with Gasteiger partial charge in [0.05, 0.1) is 0 Å². The first-order valence-corrected chi connectivity index (χ1v) is 14.0. The molecule has 10 heteroatoms. The Morgan fingerprint density at radius 2 is 1.94 bits per heavy atom. The molecule has 0 unspecified atom stereocenters. The summed E-state index contributed by atoms with van der Waals surface area (Å²) in [5.74, 6) is 0.713. The monoisotopic (exact) mass is 525 g/mol. The molecule has 35 heavy (non-hydrogen) atoms. The van der Waals surface area contributed by atoms with Crippen LogP contribution in [0.25, 0.3) is 0 Å². The predicted octanol–water partition coefficient (Wildman–Crippen LogP) is 6.10. The van der Waals surface area contributed by atoms with Crippen LogP contribution in [-0.4, -0.2) is 24.0 Å². The second kappa shape index (κ2) is 8.80. The lowest BCUT2D eigenvalue weighted by Gasteiger charge is -2.50. The molecular formula is C25H26F3NO4S2. The number of alkyl halides is 3. The Bertz CT molecular complexity index is 1240. The first-order chi connectivity index (χ1) is 16.5. The molecule has 188 valence electrons. The Balaban J connectivity index is 1.34. The van der Waals surface area contributed by atoms with E-state index in [1.54, 1.807) is 12.3 Å². The van der Waals surface area contributed by atoms with E-state index in [0.29, 0.717) is 18.3 Å². The van der Waals surface area contributed by atoms with Gasteiger partial charge >= 0.3 is 15.6 Å². The molecule has 3 aliphatic carbocycles. The van der Waals surface area contributed by atoms with E-state index in [1.807, 2.05) is 18.2 Å². The van der Waals surface area contributed by atoms with Crippen molar-refractivity contribution >= 4 is 27.0 Å². The van der Waals surface area contributed by atoms with Crippen LogP contribution >= 0.6 is 11.8 Å². The van der Waals surface area contributed by atoms with Crippen molar-refractivity contribution < 1.29 is 30.6 Å². The van der Waals surface area contributed by atoms with E-state index in [2.05, 4.69) is 16.1 Å². The molecule has 2 aromatic rings. The predicted molar refractivity (Wildman–Crippen MR) is 125 cm³/mol. The summed E-state index contributed by atoms with van der Waals surface area (Å²) >= 11 is 1.23. The van der Waals surface area contributed by atoms with Crippen LogP contribution in [0.15, 0.2) is 47.6 Å². The van der Waals surface area contributed by atoms with Crippen molar-refractivity contribution in [3.05, 3.63) is 53.7 Å². The number of thioether (sulfide) groups is 1. The number of pyridine rings is 1. The minimum atomic E-state index is -5.70. The number of fused-ring (bicyclic) bond motifs is 5. The maximum Gasteiger partial charge on any atom is 0.534 e. The third-order valence-electron chi connectivity index (χ3n) is 8.31. The third kappa shape index (κ3) is 4.37. The fourth-order valence-corrected chi connectivity index (χ4v) is 8.20. The lowest BCUT2D eigenvalue weighted by molar-refractivity contribution is -0.119. The van der Waals surface area contributed by atoms with Gasteiger partial charge < -0.3 is 4.18 Å². The molecule has 0 aliphatic heterocycles. The fourth-order valence-electron chi connectivity index (χ4n) is 6.75. The molecule has 2 fully saturated rings. The zero-order chi connectivity index (χ0) is 25.0. The van der Waals surface area contributed by atoms with Crippen molar-refractivity contribution in [1.82, 2.24) is 4.98 Å². The molecule has 0 N–H and O–H groups in total. The van der Waals surface area contributed by atoms with Crippen molar-refractivity contribution in [2.75, 3.05) is 0 Å². The highest BCUT2D eigenvalue weighted by Crippen LogP contribution is 2.63. The van der Waals surface area contributed by atoms with Crippen LogP contribution in [-0.2, 0) is 21.3 Å². The van der Waals surface area contributed by atoms with E-state index in [1.165, 1.54) is 23.9 Å². The molecule has 0 radical (unpaired) electrons. The molecule has 0 amide bonds. The molecule has 1 heterocycles. The zero-order valence-electron chi connectivity index (χ0n) is 19.1. The van der Waals surface area contributed by atoms with Crippen LogP contribution in [0.5, 0.6) is 5.75 Å². The van der Waals surface area contributed by atoms with Crippen molar-refractivity contribution in [3.8, 4) is 5.75 Å². The molecule has 0 spiro atoms. The molecule has 3 aliphatic rings. The van der Waals surface area contributed by atoms with E-state index in [4.69, 9.17) is 0 Å². The van der Waals surface area contributed by atoms with Gasteiger partial charge in [0.25, 0.3) is 0 Å². The minimum Gasteiger partial charge on any atom is -0.376 e. The number of carbonyl (C=O) groups is 1. The zero-order valence-corrected chi connectivity index (χ0v) is 20.8. The summed E-state index contributed by atoms with van der Waals surface area (Å²) in [6, 6.07) is 10.0. The van der Waals surface area contributed by atoms with E-state index in [9.17, 15) is 26.4 Å². The van der Waals surface area contributed by atoms with Gasteiger partial charge in [0.2, 0.25) is 0 Å². The van der Waals surface area contributed by atoms with Crippen molar-refractivity contribution in [2.24, 2.45) is 23.2 Å². The number of nitrogens with zero attached hydrogens (tertiary/aromatic N) is 1. The molecule has 5 rings (SSSR count). The Hall–Kier alpha value is -2.07. The number of aryl methyl sites for hydroxylation is 1. The first kappa shape index (κ1) is 24.6. The summed E-state index contributed by atoms with van der Waals surface area (Å²) in [4.78, 5) is 17.5. The SMILES string of the molecule is C[C@]12CC[C@@H]3c4ccc(OS(=O)(=O)C(F)(F)F)cc4CC[C@H]3[C@@H]1CC[C@@H]2C(=O)Sc1ccccn1. The fraction of sp³-hybridized carbons (Fsp3) is 0.520. The largest absolute Gasteiger partial charge is 0.534 e. The lowest BCUT2D eigenvalue weighted by atomic mass is 9.54. The number of carbonyl (C=O) groups excluding carboxylic acids is 1. The molecule has 0 saturated heterocycles. The average Bonchev–Trinajstić information content (AvgIpc) is 3.16. The van der Waals surface area contributed by atoms with Gasteiger partial charge in [-0.1, -0.05) is 19.1 Å². The quantitative estimate of drug-likeness (QED) is 0.273. The summed E-state index contributed by atoms with van der Waals surface area (Å²) in [5, 5.41) is 0.895. The third-order valence-corrected chi connectivity index (χ3v) is 10.2. The molecular weight excluding hydrogens is 499 g/mol. The maximum atomic E-state index is 13.2. The van der Waals surface area contributed by atoms with Crippen LogP contribution in [0.2, 0.25) is 0 Å². The molecule has 1 aromatic carbocycles. The Morgan fingerprint density at radius 3 is 2.66 bits per heavy atom. The average molecular weight is 526 g/mol. The van der Waals surface area contributed by atoms with Crippen LogP contribution in [0.1, 0.15) is 56.1 Å². The topological polar surface area (TPSA) is 73.3 Å². The van der Waals surface area contributed by atoms with Gasteiger partial charge in [-0.25, -0.2) is 4.98 Å². The second-order valence-electron chi connectivity index (χ2n) is 10.0. The molecule has 5 atom stereocenters. The molecule has 2 saturated carbocycles. The van der Waals surface area contributed by atoms with Crippen molar-refractivity contribution in [2.45, 2.75) is 61.9 Å². The van der Waals surface area contributed by atoms with Crippen LogP contribution < -0.4 is 4.18 Å². The van der Waals surface area contributed by atoms with Crippen LogP contribution in [0, 0.1) is 23.2 Å². The van der Waals surface area contributed by atoms with Gasteiger partial charge in [0.1, 0.15) is 10.8 Å². The van der Waals surface area contributed by atoms with E-state index in [0.717, 1.165) is 48.3 Å². The number of aromatic nitrogens is 1. The van der Waals surface area contributed by atoms with Gasteiger partial charge in [-0.2, -0.15) is 21.6 Å². The highest BCUT2D eigenvalue weighted by Gasteiger charge is 2.56. The van der Waals surface area contributed by atoms with Gasteiger partial charge in [-0.15, -0.1) is 0 Å². The number of benzene rings is 1. The van der Waals surface area contributed by atoms with Crippen molar-refractivity contribution in [3.63, 3.8) is 0 Å². The number of halogens is 3. The van der Waals surface area contributed by atoms with E-state index >= 15 is 0 Å². The van der Waals surface area contributed by atoms with Gasteiger partial charge in [0.15, 0.2) is 5.12 Å². The van der Waals surface area contributed by atoms with E-state index < -0.39 is 15.6 Å².